The van der Waals surface area contributed by atoms with Crippen molar-refractivity contribution in [3.8, 4) is 11.5 Å². The van der Waals surface area contributed by atoms with E-state index in [9.17, 15) is 19.2 Å². The molecule has 11 heteroatoms. The molecule has 0 bridgehead atoms. The van der Waals surface area contributed by atoms with Crippen LogP contribution in [0.5, 0.6) is 11.5 Å². The highest BCUT2D eigenvalue weighted by Gasteiger charge is 2.37. The third-order valence-electron chi connectivity index (χ3n) is 4.48. The van der Waals surface area contributed by atoms with Gasteiger partial charge < -0.3 is 14.6 Å². The topological polar surface area (TPSA) is 122 Å². The maximum absolute atomic E-state index is 13.1. The summed E-state index contributed by atoms with van der Waals surface area (Å²) in [4.78, 5) is 49.6. The highest BCUT2D eigenvalue weighted by Crippen LogP contribution is 2.35. The number of nitrogens with one attached hydrogen (secondary N) is 1. The maximum Gasteiger partial charge on any atom is 0.341 e. The zero-order chi connectivity index (χ0) is 23.6. The minimum Gasteiger partial charge on any atom is -0.493 e. The molecule has 2 aromatic rings. The molecule has 1 heterocycles. The second-order valence-corrected chi connectivity index (χ2v) is 8.13. The summed E-state index contributed by atoms with van der Waals surface area (Å²) in [6.45, 7) is 1.09. The second kappa shape index (κ2) is 9.57. The van der Waals surface area contributed by atoms with E-state index in [1.54, 1.807) is 31.2 Å². The van der Waals surface area contributed by atoms with Crippen molar-refractivity contribution < 1.29 is 33.8 Å². The molecule has 4 amide bonds. The van der Waals surface area contributed by atoms with Gasteiger partial charge in [-0.1, -0.05) is 17.7 Å². The number of barbiturate groups is 1. The van der Waals surface area contributed by atoms with Gasteiger partial charge in [0.05, 0.1) is 16.4 Å². The molecule has 0 radical (unpaired) electrons. The summed E-state index contributed by atoms with van der Waals surface area (Å²) in [7, 11) is 1.37. The lowest BCUT2D eigenvalue weighted by molar-refractivity contribution is -0.139. The molecule has 0 aliphatic carbocycles. The van der Waals surface area contributed by atoms with Gasteiger partial charge in [-0.05, 0) is 71.0 Å². The molecule has 0 spiro atoms. The molecule has 0 atom stereocenters. The molecule has 2 N–H and O–H groups in total. The van der Waals surface area contributed by atoms with Crippen molar-refractivity contribution in [3.63, 3.8) is 0 Å². The van der Waals surface area contributed by atoms with E-state index in [-0.39, 0.29) is 22.8 Å². The van der Waals surface area contributed by atoms with Crippen LogP contribution >= 0.6 is 34.2 Å². The van der Waals surface area contributed by atoms with Crippen LogP contribution < -0.4 is 19.7 Å². The Morgan fingerprint density at radius 1 is 1.28 bits per heavy atom. The van der Waals surface area contributed by atoms with E-state index >= 15 is 0 Å². The van der Waals surface area contributed by atoms with Gasteiger partial charge in [0.25, 0.3) is 11.8 Å². The Balaban J connectivity index is 2.03. The quantitative estimate of drug-likeness (QED) is 0.310. The van der Waals surface area contributed by atoms with Crippen molar-refractivity contribution >= 4 is 69.8 Å². The number of carbonyl (C=O) groups is 4. The van der Waals surface area contributed by atoms with Crippen LogP contribution in [0, 0.1) is 10.5 Å². The molecule has 1 saturated heterocycles. The van der Waals surface area contributed by atoms with Crippen LogP contribution in [0.15, 0.2) is 35.9 Å². The van der Waals surface area contributed by atoms with E-state index in [2.05, 4.69) is 5.32 Å². The van der Waals surface area contributed by atoms with Crippen LogP contribution in [-0.2, 0) is 14.4 Å². The van der Waals surface area contributed by atoms with Gasteiger partial charge in [-0.25, -0.2) is 14.5 Å². The fraction of sp³-hybridized carbons (Fsp3) is 0.143. The molecule has 1 fully saturated rings. The van der Waals surface area contributed by atoms with Crippen molar-refractivity contribution in [2.75, 3.05) is 18.6 Å². The third kappa shape index (κ3) is 4.70. The Bertz CT molecular complexity index is 1180. The van der Waals surface area contributed by atoms with Crippen molar-refractivity contribution in [3.05, 3.63) is 55.6 Å². The molecule has 1 aliphatic rings. The number of ether oxygens (including phenoxy) is 2. The number of hydrogen-bond donors (Lipinski definition) is 2. The summed E-state index contributed by atoms with van der Waals surface area (Å²) >= 11 is 8.04. The number of carbonyl (C=O) groups excluding carboxylic acids is 3. The first-order chi connectivity index (χ1) is 15.1. The van der Waals surface area contributed by atoms with Crippen molar-refractivity contribution in [1.29, 1.82) is 0 Å². The summed E-state index contributed by atoms with van der Waals surface area (Å²) < 4.78 is 11.0. The van der Waals surface area contributed by atoms with Crippen molar-refractivity contribution in [2.24, 2.45) is 0 Å². The molecule has 0 saturated carbocycles. The number of urea groups is 1. The van der Waals surface area contributed by atoms with Crippen molar-refractivity contribution in [2.45, 2.75) is 6.92 Å². The van der Waals surface area contributed by atoms with Gasteiger partial charge in [0, 0.05) is 5.02 Å². The lowest BCUT2D eigenvalue weighted by Crippen LogP contribution is -2.54. The van der Waals surface area contributed by atoms with Crippen LogP contribution in [0.25, 0.3) is 6.08 Å². The zero-order valence-corrected chi connectivity index (χ0v) is 19.7. The van der Waals surface area contributed by atoms with Crippen molar-refractivity contribution in [1.82, 2.24) is 5.32 Å². The minimum atomic E-state index is -1.15. The highest BCUT2D eigenvalue weighted by atomic mass is 127. The molecular formula is C21H16ClIN2O7. The monoisotopic (exact) mass is 570 g/mol. The number of hydrogen-bond acceptors (Lipinski definition) is 6. The number of amides is 4. The molecule has 166 valence electrons. The van der Waals surface area contributed by atoms with E-state index in [1.807, 2.05) is 22.6 Å². The average Bonchev–Trinajstić information content (AvgIpc) is 2.72. The summed E-state index contributed by atoms with van der Waals surface area (Å²) in [6.07, 6.45) is 1.31. The van der Waals surface area contributed by atoms with E-state index in [0.29, 0.717) is 19.7 Å². The van der Waals surface area contributed by atoms with E-state index in [1.165, 1.54) is 19.3 Å². The third-order valence-corrected chi connectivity index (χ3v) is 5.70. The second-order valence-electron chi connectivity index (χ2n) is 6.56. The van der Waals surface area contributed by atoms with Crippen LogP contribution in [0.2, 0.25) is 5.02 Å². The molecule has 1 aliphatic heterocycles. The molecule has 32 heavy (non-hydrogen) atoms. The fourth-order valence-corrected chi connectivity index (χ4v) is 3.93. The Morgan fingerprint density at radius 2 is 2.00 bits per heavy atom. The number of rotatable bonds is 6. The predicted octanol–water partition coefficient (Wildman–Crippen LogP) is 3.39. The highest BCUT2D eigenvalue weighted by molar-refractivity contribution is 14.1. The van der Waals surface area contributed by atoms with Crippen LogP contribution in [0.1, 0.15) is 11.1 Å². The van der Waals surface area contributed by atoms with Crippen LogP contribution in [0.3, 0.4) is 0 Å². The first-order valence-corrected chi connectivity index (χ1v) is 10.5. The molecular weight excluding hydrogens is 555 g/mol. The first kappa shape index (κ1) is 23.5. The lowest BCUT2D eigenvalue weighted by atomic mass is 10.1. The van der Waals surface area contributed by atoms with Gasteiger partial charge in [0.15, 0.2) is 18.1 Å². The fourth-order valence-electron chi connectivity index (χ4n) is 2.98. The minimum absolute atomic E-state index is 0.212. The summed E-state index contributed by atoms with van der Waals surface area (Å²) in [5.41, 5.74) is 0.885. The lowest BCUT2D eigenvalue weighted by Gasteiger charge is -2.27. The molecule has 0 aromatic heterocycles. The van der Waals surface area contributed by atoms with Gasteiger partial charge in [-0.2, -0.15) is 0 Å². The Labute approximate surface area is 201 Å². The molecule has 3 rings (SSSR count). The Kier molecular flexibility index (Phi) is 7.04. The smallest absolute Gasteiger partial charge is 0.341 e. The summed E-state index contributed by atoms with van der Waals surface area (Å²) in [5, 5.41) is 11.4. The summed E-state index contributed by atoms with van der Waals surface area (Å²) in [6, 6.07) is 6.95. The molecule has 9 nitrogen and oxygen atoms in total. The van der Waals surface area contributed by atoms with Gasteiger partial charge in [0.1, 0.15) is 5.57 Å². The number of halogens is 2. The van der Waals surface area contributed by atoms with E-state index < -0.39 is 30.4 Å². The van der Waals surface area contributed by atoms with Crippen LogP contribution in [-0.4, -0.2) is 42.6 Å². The number of benzene rings is 2. The summed E-state index contributed by atoms with van der Waals surface area (Å²) in [5.74, 6) is -2.39. The van der Waals surface area contributed by atoms with E-state index in [4.69, 9.17) is 26.2 Å². The number of imide groups is 2. The Morgan fingerprint density at radius 3 is 2.66 bits per heavy atom. The standard InChI is InChI=1S/C21H16ClIN2O7/c1-10-13(22)4-3-5-15(10)25-20(29)12(19(28)24-21(25)30)6-11-7-14(23)18(16(8-11)31-2)32-9-17(26)27/h3-8H,9H2,1-2H3,(H,26,27)(H,24,28,30)/b12-6+. The Hall–Kier alpha value is -3.12. The largest absolute Gasteiger partial charge is 0.493 e. The normalized spacial score (nSPS) is 15.1. The number of nitrogens with zero attached hydrogens (tertiary/aromatic N) is 1. The number of methoxy groups -OCH3 is 1. The first-order valence-electron chi connectivity index (χ1n) is 9.02. The molecule has 2 aromatic carbocycles. The van der Waals surface area contributed by atoms with Gasteiger partial charge in [-0.15, -0.1) is 0 Å². The number of anilines is 1. The number of carboxylic acids is 1. The average molecular weight is 571 g/mol. The zero-order valence-electron chi connectivity index (χ0n) is 16.8. The van der Waals surface area contributed by atoms with E-state index in [0.717, 1.165) is 4.90 Å². The van der Waals surface area contributed by atoms with Crippen LogP contribution in [0.4, 0.5) is 10.5 Å². The SMILES string of the molecule is COc1cc(/C=C2\C(=O)NC(=O)N(c3cccc(Cl)c3C)C2=O)cc(I)c1OCC(=O)O. The number of aliphatic carboxylic acids is 1. The maximum atomic E-state index is 13.1. The molecule has 0 unspecified atom stereocenters. The van der Waals surface area contributed by atoms with Gasteiger partial charge >= 0.3 is 12.0 Å². The van der Waals surface area contributed by atoms with Gasteiger partial charge in [-0.3, -0.25) is 14.9 Å². The van der Waals surface area contributed by atoms with Gasteiger partial charge in [0.2, 0.25) is 0 Å². The number of carboxylic acid groups (broad SMARTS) is 1. The predicted molar refractivity (Wildman–Crippen MR) is 124 cm³/mol.